The van der Waals surface area contributed by atoms with Gasteiger partial charge >= 0.3 is 6.09 Å². The van der Waals surface area contributed by atoms with Gasteiger partial charge in [-0.1, -0.05) is 83.9 Å². The van der Waals surface area contributed by atoms with E-state index in [1.54, 1.807) is 12.1 Å². The molecule has 0 aliphatic rings. The highest BCUT2D eigenvalue weighted by Gasteiger charge is 2.17. The molecule has 0 aliphatic heterocycles. The fourth-order valence-electron chi connectivity index (χ4n) is 2.77. The standard InChI is InChI=1S/C22H19Cl2NO2/c23-19-12-10-18(11-13-19)21(17-7-2-1-3-8-17)25-22(26)27-15-14-16-6-4-5-9-20(16)24/h1-13,21H,14-15H2,(H,25,26). The van der Waals surface area contributed by atoms with Gasteiger partial charge in [-0.2, -0.15) is 0 Å². The molecule has 0 saturated carbocycles. The van der Waals surface area contributed by atoms with Crippen LogP contribution in [0.4, 0.5) is 4.79 Å². The van der Waals surface area contributed by atoms with Crippen LogP contribution in [-0.2, 0) is 11.2 Å². The van der Waals surface area contributed by atoms with Gasteiger partial charge in [0, 0.05) is 16.5 Å². The molecule has 138 valence electrons. The van der Waals surface area contributed by atoms with Gasteiger partial charge in [-0.15, -0.1) is 0 Å². The summed E-state index contributed by atoms with van der Waals surface area (Å²) in [4.78, 5) is 12.3. The molecule has 0 heterocycles. The minimum atomic E-state index is -0.481. The Kier molecular flexibility index (Phi) is 6.74. The number of benzene rings is 3. The van der Waals surface area contributed by atoms with E-state index in [0.717, 1.165) is 16.7 Å². The maximum Gasteiger partial charge on any atom is 0.407 e. The molecule has 27 heavy (non-hydrogen) atoms. The van der Waals surface area contributed by atoms with Crippen molar-refractivity contribution in [1.82, 2.24) is 5.32 Å². The lowest BCUT2D eigenvalue weighted by atomic mass is 9.99. The number of carbonyl (C=O) groups excluding carboxylic acids is 1. The van der Waals surface area contributed by atoms with Crippen LogP contribution in [0.3, 0.4) is 0 Å². The number of halogens is 2. The molecule has 3 aromatic carbocycles. The van der Waals surface area contributed by atoms with Crippen LogP contribution >= 0.6 is 23.2 Å². The topological polar surface area (TPSA) is 38.3 Å². The molecule has 0 aliphatic carbocycles. The molecule has 1 N–H and O–H groups in total. The van der Waals surface area contributed by atoms with Crippen LogP contribution in [-0.4, -0.2) is 12.7 Å². The summed E-state index contributed by atoms with van der Waals surface area (Å²) in [5, 5.41) is 4.25. The third kappa shape index (κ3) is 5.49. The summed E-state index contributed by atoms with van der Waals surface area (Å²) in [7, 11) is 0. The minimum Gasteiger partial charge on any atom is -0.449 e. The molecule has 1 atom stereocenters. The van der Waals surface area contributed by atoms with Crippen LogP contribution in [0.2, 0.25) is 10.0 Å². The second-order valence-corrected chi connectivity index (χ2v) is 6.86. The lowest BCUT2D eigenvalue weighted by molar-refractivity contribution is 0.145. The van der Waals surface area contributed by atoms with E-state index < -0.39 is 6.09 Å². The third-order valence-electron chi connectivity index (χ3n) is 4.16. The van der Waals surface area contributed by atoms with Crippen molar-refractivity contribution in [2.75, 3.05) is 6.61 Å². The normalized spacial score (nSPS) is 11.6. The first-order valence-electron chi connectivity index (χ1n) is 8.60. The molecule has 5 heteroatoms. The molecular weight excluding hydrogens is 381 g/mol. The Balaban J connectivity index is 1.66. The highest BCUT2D eigenvalue weighted by molar-refractivity contribution is 6.31. The van der Waals surface area contributed by atoms with Gasteiger partial charge in [0.25, 0.3) is 0 Å². The lowest BCUT2D eigenvalue weighted by Crippen LogP contribution is -2.30. The summed E-state index contributed by atoms with van der Waals surface area (Å²) < 4.78 is 5.36. The van der Waals surface area contributed by atoms with Crippen molar-refractivity contribution >= 4 is 29.3 Å². The Morgan fingerprint density at radius 1 is 0.852 bits per heavy atom. The number of nitrogens with one attached hydrogen (secondary N) is 1. The quantitative estimate of drug-likeness (QED) is 0.547. The van der Waals surface area contributed by atoms with Gasteiger partial charge in [-0.25, -0.2) is 4.79 Å². The Morgan fingerprint density at radius 3 is 2.19 bits per heavy atom. The summed E-state index contributed by atoms with van der Waals surface area (Å²) in [6, 6.07) is 24.3. The zero-order chi connectivity index (χ0) is 19.1. The maximum atomic E-state index is 12.3. The number of amides is 1. The van der Waals surface area contributed by atoms with Gasteiger partial charge < -0.3 is 10.1 Å². The maximum absolute atomic E-state index is 12.3. The van der Waals surface area contributed by atoms with Gasteiger partial charge in [0.1, 0.15) is 0 Å². The van der Waals surface area contributed by atoms with Crippen LogP contribution in [0, 0.1) is 0 Å². The minimum absolute atomic E-state index is 0.248. The zero-order valence-electron chi connectivity index (χ0n) is 14.6. The average Bonchev–Trinajstić information content (AvgIpc) is 2.69. The summed E-state index contributed by atoms with van der Waals surface area (Å²) >= 11 is 12.1. The highest BCUT2D eigenvalue weighted by atomic mass is 35.5. The van der Waals surface area contributed by atoms with Crippen molar-refractivity contribution in [3.05, 3.63) is 106 Å². The predicted octanol–water partition coefficient (Wildman–Crippen LogP) is 6.05. The van der Waals surface area contributed by atoms with Gasteiger partial charge in [-0.3, -0.25) is 0 Å². The molecule has 0 spiro atoms. The van der Waals surface area contributed by atoms with Crippen LogP contribution in [0.15, 0.2) is 78.9 Å². The van der Waals surface area contributed by atoms with E-state index >= 15 is 0 Å². The lowest BCUT2D eigenvalue weighted by Gasteiger charge is -2.20. The van der Waals surface area contributed by atoms with Crippen LogP contribution in [0.25, 0.3) is 0 Å². The van der Waals surface area contributed by atoms with Crippen LogP contribution in [0.5, 0.6) is 0 Å². The number of ether oxygens (including phenoxy) is 1. The van der Waals surface area contributed by atoms with Crippen molar-refractivity contribution in [1.29, 1.82) is 0 Å². The van der Waals surface area contributed by atoms with Crippen LogP contribution < -0.4 is 5.32 Å². The molecule has 3 aromatic rings. The summed E-state index contributed by atoms with van der Waals surface area (Å²) in [6.07, 6.45) is 0.0789. The number of carbonyl (C=O) groups is 1. The second-order valence-electron chi connectivity index (χ2n) is 6.02. The van der Waals surface area contributed by atoms with E-state index in [4.69, 9.17) is 27.9 Å². The first-order chi connectivity index (χ1) is 13.1. The number of alkyl carbamates (subject to hydrolysis) is 1. The Hall–Kier alpha value is -2.49. The van der Waals surface area contributed by atoms with E-state index in [9.17, 15) is 4.79 Å². The Labute approximate surface area is 168 Å². The van der Waals surface area contributed by atoms with Crippen molar-refractivity contribution in [2.45, 2.75) is 12.5 Å². The van der Waals surface area contributed by atoms with Crippen molar-refractivity contribution in [3.8, 4) is 0 Å². The Morgan fingerprint density at radius 2 is 1.48 bits per heavy atom. The van der Waals surface area contributed by atoms with Gasteiger partial charge in [0.05, 0.1) is 12.6 Å². The summed E-state index contributed by atoms with van der Waals surface area (Å²) in [5.41, 5.74) is 2.83. The fraction of sp³-hybridized carbons (Fsp3) is 0.136. The van der Waals surface area contributed by atoms with Crippen molar-refractivity contribution in [2.24, 2.45) is 0 Å². The summed E-state index contributed by atoms with van der Waals surface area (Å²) in [5.74, 6) is 0. The van der Waals surface area contributed by atoms with Crippen LogP contribution in [0.1, 0.15) is 22.7 Å². The second kappa shape index (κ2) is 9.45. The van der Waals surface area contributed by atoms with Crippen molar-refractivity contribution < 1.29 is 9.53 Å². The molecule has 0 saturated heterocycles. The number of hydrogen-bond acceptors (Lipinski definition) is 2. The van der Waals surface area contributed by atoms with Crippen molar-refractivity contribution in [3.63, 3.8) is 0 Å². The van der Waals surface area contributed by atoms with E-state index in [0.29, 0.717) is 16.5 Å². The van der Waals surface area contributed by atoms with Gasteiger partial charge in [0.2, 0.25) is 0 Å². The molecule has 0 aromatic heterocycles. The SMILES string of the molecule is O=C(NC(c1ccccc1)c1ccc(Cl)cc1)OCCc1ccccc1Cl. The van der Waals surface area contributed by atoms with Gasteiger partial charge in [-0.05, 0) is 34.9 Å². The number of hydrogen-bond donors (Lipinski definition) is 1. The first-order valence-corrected chi connectivity index (χ1v) is 9.36. The largest absolute Gasteiger partial charge is 0.449 e. The first kappa shape index (κ1) is 19.3. The van der Waals surface area contributed by atoms with E-state index in [1.165, 1.54) is 0 Å². The molecule has 3 nitrogen and oxygen atoms in total. The zero-order valence-corrected chi connectivity index (χ0v) is 16.1. The number of rotatable bonds is 6. The molecule has 3 rings (SSSR count). The monoisotopic (exact) mass is 399 g/mol. The Bertz CT molecular complexity index is 882. The average molecular weight is 400 g/mol. The highest BCUT2D eigenvalue weighted by Crippen LogP contribution is 2.23. The molecule has 0 fully saturated rings. The van der Waals surface area contributed by atoms with E-state index in [2.05, 4.69) is 5.32 Å². The summed E-state index contributed by atoms with van der Waals surface area (Å²) in [6.45, 7) is 0.248. The van der Waals surface area contributed by atoms with Gasteiger partial charge in [0.15, 0.2) is 0 Å². The third-order valence-corrected chi connectivity index (χ3v) is 4.78. The molecular formula is C22H19Cl2NO2. The van der Waals surface area contributed by atoms with E-state index in [-0.39, 0.29) is 12.6 Å². The molecule has 0 radical (unpaired) electrons. The molecule has 0 bridgehead atoms. The molecule has 1 unspecified atom stereocenters. The molecule has 1 amide bonds. The fourth-order valence-corrected chi connectivity index (χ4v) is 3.13. The van der Waals surface area contributed by atoms with E-state index in [1.807, 2.05) is 66.7 Å². The smallest absolute Gasteiger partial charge is 0.407 e. The predicted molar refractivity (Wildman–Crippen MR) is 109 cm³/mol.